The van der Waals surface area contributed by atoms with E-state index in [0.717, 1.165) is 19.4 Å². The van der Waals surface area contributed by atoms with E-state index in [9.17, 15) is 0 Å². The zero-order chi connectivity index (χ0) is 13.8. The molecule has 104 valence electrons. The summed E-state index contributed by atoms with van der Waals surface area (Å²) in [4.78, 5) is 0. The van der Waals surface area contributed by atoms with E-state index in [1.54, 1.807) is 0 Å². The molecule has 0 saturated carbocycles. The van der Waals surface area contributed by atoms with E-state index >= 15 is 0 Å². The van der Waals surface area contributed by atoms with Crippen LogP contribution >= 0.6 is 0 Å². The third-order valence-electron chi connectivity index (χ3n) is 3.33. The number of aryl methyl sites for hydroxylation is 2. The number of hydrogen-bond donors (Lipinski definition) is 0. The van der Waals surface area contributed by atoms with Crippen molar-refractivity contribution in [1.29, 1.82) is 0 Å². The minimum Gasteiger partial charge on any atom is -0.205 e. The van der Waals surface area contributed by atoms with Gasteiger partial charge in [0.1, 0.15) is 6.54 Å². The van der Waals surface area contributed by atoms with Crippen molar-refractivity contribution in [3.63, 3.8) is 0 Å². The number of aromatic nitrogens is 1. The van der Waals surface area contributed by atoms with E-state index in [2.05, 4.69) is 54.8 Å². The van der Waals surface area contributed by atoms with Gasteiger partial charge in [0.2, 0.25) is 0 Å². The fourth-order valence-corrected chi connectivity index (χ4v) is 2.11. The molecule has 0 saturated heterocycles. The molecule has 19 heavy (non-hydrogen) atoms. The molecule has 0 fully saturated rings. The average Bonchev–Trinajstić information content (AvgIpc) is 2.43. The number of rotatable bonds is 8. The van der Waals surface area contributed by atoms with Crippen LogP contribution in [0.4, 0.5) is 0 Å². The molecule has 0 aliphatic carbocycles. The van der Waals surface area contributed by atoms with Gasteiger partial charge in [0, 0.05) is 31.4 Å². The predicted octanol–water partition coefficient (Wildman–Crippen LogP) is 4.43. The van der Waals surface area contributed by atoms with E-state index in [0.29, 0.717) is 0 Å². The van der Waals surface area contributed by atoms with Crippen LogP contribution in [0.5, 0.6) is 0 Å². The smallest absolute Gasteiger partial charge is 0.169 e. The highest BCUT2D eigenvalue weighted by molar-refractivity contribution is 5.03. The maximum Gasteiger partial charge on any atom is 0.169 e. The minimum absolute atomic E-state index is 0.997. The molecular weight excluding hydrogens is 230 g/mol. The molecule has 0 aliphatic heterocycles. The largest absolute Gasteiger partial charge is 0.205 e. The molecule has 1 heteroatoms. The van der Waals surface area contributed by atoms with Crippen molar-refractivity contribution >= 4 is 0 Å². The second-order valence-corrected chi connectivity index (χ2v) is 5.19. The Balaban J connectivity index is 1.92. The van der Waals surface area contributed by atoms with Crippen LogP contribution in [0.3, 0.4) is 0 Å². The Kier molecular flexibility index (Phi) is 8.81. The van der Waals surface area contributed by atoms with Crippen molar-refractivity contribution in [1.82, 2.24) is 0 Å². The Morgan fingerprint density at radius 3 is 2.21 bits per heavy atom. The zero-order valence-corrected chi connectivity index (χ0v) is 12.6. The Morgan fingerprint density at radius 2 is 1.53 bits per heavy atom. The van der Waals surface area contributed by atoms with Crippen molar-refractivity contribution in [2.45, 2.75) is 71.8 Å². The molecule has 0 bridgehead atoms. The van der Waals surface area contributed by atoms with Crippen LogP contribution in [-0.4, -0.2) is 0 Å². The van der Waals surface area contributed by atoms with E-state index in [-0.39, 0.29) is 0 Å². The van der Waals surface area contributed by atoms with Crippen LogP contribution in [0.15, 0.2) is 24.5 Å². The number of unbranched alkanes of at least 4 members (excludes halogenated alkanes) is 6. The Hall–Kier alpha value is -1.29. The standard InChI is InChI=1S/C18H28N/c1-3-4-5-6-7-8-9-10-11-12-15-19-16-13-18(2)14-17-19/h13-14,16-17H,3,6-12,15H2,1-2H3/q+1. The summed E-state index contributed by atoms with van der Waals surface area (Å²) in [5.41, 5.74) is 1.34. The lowest BCUT2D eigenvalue weighted by Gasteiger charge is -1.99. The second kappa shape index (κ2) is 10.6. The molecule has 1 nitrogen and oxygen atoms in total. The Morgan fingerprint density at radius 1 is 0.895 bits per heavy atom. The highest BCUT2D eigenvalue weighted by Gasteiger charge is 1.98. The maximum atomic E-state index is 3.21. The molecule has 1 aromatic rings. The van der Waals surface area contributed by atoms with Crippen LogP contribution in [0, 0.1) is 18.8 Å². The highest BCUT2D eigenvalue weighted by atomic mass is 14.9. The normalized spacial score (nSPS) is 10.0. The van der Waals surface area contributed by atoms with Gasteiger partial charge in [-0.05, 0) is 25.3 Å². The molecule has 0 N–H and O–H groups in total. The van der Waals surface area contributed by atoms with Crippen molar-refractivity contribution in [2.24, 2.45) is 0 Å². The summed E-state index contributed by atoms with van der Waals surface area (Å²) in [7, 11) is 0. The van der Waals surface area contributed by atoms with Gasteiger partial charge in [-0.2, -0.15) is 0 Å². The van der Waals surface area contributed by atoms with Crippen molar-refractivity contribution in [2.75, 3.05) is 0 Å². The quantitative estimate of drug-likeness (QED) is 0.369. The van der Waals surface area contributed by atoms with Gasteiger partial charge in [0.15, 0.2) is 12.4 Å². The van der Waals surface area contributed by atoms with Gasteiger partial charge >= 0.3 is 0 Å². The molecule has 0 aromatic carbocycles. The minimum atomic E-state index is 0.997. The first-order chi connectivity index (χ1) is 9.33. The van der Waals surface area contributed by atoms with Gasteiger partial charge in [-0.1, -0.05) is 26.2 Å². The Bertz CT molecular complexity index is 380. The van der Waals surface area contributed by atoms with E-state index in [1.165, 1.54) is 44.1 Å². The lowest BCUT2D eigenvalue weighted by Crippen LogP contribution is -2.32. The summed E-state index contributed by atoms with van der Waals surface area (Å²) in [5, 5.41) is 0. The maximum absolute atomic E-state index is 3.21. The van der Waals surface area contributed by atoms with Crippen LogP contribution in [0.2, 0.25) is 0 Å². The van der Waals surface area contributed by atoms with Crippen molar-refractivity contribution in [3.05, 3.63) is 30.1 Å². The summed E-state index contributed by atoms with van der Waals surface area (Å²) < 4.78 is 2.29. The summed E-state index contributed by atoms with van der Waals surface area (Å²) >= 11 is 0. The molecule has 1 aromatic heterocycles. The second-order valence-electron chi connectivity index (χ2n) is 5.19. The fraction of sp³-hybridized carbons (Fsp3) is 0.611. The SMILES string of the molecule is CCC#CCCCCCCCC[n+]1ccc(C)cc1. The summed E-state index contributed by atoms with van der Waals surface area (Å²) in [5.74, 6) is 6.34. The molecule has 0 amide bonds. The molecule has 0 spiro atoms. The van der Waals surface area contributed by atoms with Gasteiger partial charge in [0.05, 0.1) is 0 Å². The fourth-order valence-electron chi connectivity index (χ4n) is 2.11. The number of nitrogens with zero attached hydrogens (tertiary/aromatic N) is 1. The first-order valence-electron chi connectivity index (χ1n) is 7.74. The first kappa shape index (κ1) is 15.8. The average molecular weight is 258 g/mol. The monoisotopic (exact) mass is 258 g/mol. The van der Waals surface area contributed by atoms with Crippen LogP contribution in [0.25, 0.3) is 0 Å². The number of hydrogen-bond acceptors (Lipinski definition) is 0. The molecule has 0 atom stereocenters. The zero-order valence-electron chi connectivity index (χ0n) is 12.6. The first-order valence-corrected chi connectivity index (χ1v) is 7.74. The van der Waals surface area contributed by atoms with Gasteiger partial charge in [-0.15, -0.1) is 11.8 Å². The predicted molar refractivity (Wildman–Crippen MR) is 81.8 cm³/mol. The third kappa shape index (κ3) is 8.43. The van der Waals surface area contributed by atoms with Gasteiger partial charge < -0.3 is 0 Å². The van der Waals surface area contributed by atoms with Crippen LogP contribution in [0.1, 0.15) is 63.9 Å². The highest BCUT2D eigenvalue weighted by Crippen LogP contribution is 2.06. The van der Waals surface area contributed by atoms with Gasteiger partial charge in [-0.25, -0.2) is 4.57 Å². The molecule has 1 heterocycles. The molecule has 1 rings (SSSR count). The molecular formula is C18H28N+. The van der Waals surface area contributed by atoms with Gasteiger partial charge in [-0.3, -0.25) is 0 Å². The number of pyridine rings is 1. The lowest BCUT2D eigenvalue weighted by molar-refractivity contribution is -0.697. The molecule has 0 aliphatic rings. The summed E-state index contributed by atoms with van der Waals surface area (Å²) in [6.45, 7) is 5.40. The van der Waals surface area contributed by atoms with E-state index < -0.39 is 0 Å². The summed E-state index contributed by atoms with van der Waals surface area (Å²) in [6, 6.07) is 4.36. The third-order valence-corrected chi connectivity index (χ3v) is 3.33. The van der Waals surface area contributed by atoms with Gasteiger partial charge in [0.25, 0.3) is 0 Å². The summed E-state index contributed by atoms with van der Waals surface area (Å²) in [6.07, 6.45) is 14.5. The lowest BCUT2D eigenvalue weighted by atomic mass is 10.1. The Labute approximate surface area is 119 Å². The van der Waals surface area contributed by atoms with E-state index in [4.69, 9.17) is 0 Å². The molecule has 0 unspecified atom stereocenters. The van der Waals surface area contributed by atoms with Crippen molar-refractivity contribution < 1.29 is 4.57 Å². The van der Waals surface area contributed by atoms with Crippen LogP contribution < -0.4 is 4.57 Å². The van der Waals surface area contributed by atoms with Crippen molar-refractivity contribution in [3.8, 4) is 11.8 Å². The topological polar surface area (TPSA) is 3.88 Å². The van der Waals surface area contributed by atoms with Crippen LogP contribution in [-0.2, 0) is 6.54 Å². The molecule has 0 radical (unpaired) electrons. The van der Waals surface area contributed by atoms with E-state index in [1.807, 2.05) is 0 Å².